The van der Waals surface area contributed by atoms with Crippen LogP contribution in [0, 0.1) is 11.3 Å². The molecule has 0 unspecified atom stereocenters. The number of aromatic carboxylic acids is 1. The molecule has 0 amide bonds. The standard InChI is InChI=1S/C21H13N3O3S/c22-12-15(13-5-7-14(8-6-13)20(25)26)11-16-9-10-19(27-16)28-21-23-17-3-1-2-4-18(17)24-21/h1-11H,(H,23,24)(H,25,26). The molecular weight excluding hydrogens is 374 g/mol. The Morgan fingerprint density at radius 3 is 2.57 bits per heavy atom. The van der Waals surface area contributed by atoms with E-state index in [2.05, 4.69) is 16.0 Å². The van der Waals surface area contributed by atoms with E-state index in [0.717, 1.165) is 16.2 Å². The van der Waals surface area contributed by atoms with Crippen molar-refractivity contribution in [3.05, 3.63) is 77.6 Å². The summed E-state index contributed by atoms with van der Waals surface area (Å²) < 4.78 is 5.78. The van der Waals surface area contributed by atoms with E-state index in [4.69, 9.17) is 9.52 Å². The second kappa shape index (κ2) is 7.47. The maximum atomic E-state index is 10.9. The number of hydrogen-bond acceptors (Lipinski definition) is 5. The van der Waals surface area contributed by atoms with Crippen molar-refractivity contribution in [2.75, 3.05) is 0 Å². The maximum absolute atomic E-state index is 10.9. The zero-order valence-corrected chi connectivity index (χ0v) is 15.2. The molecule has 28 heavy (non-hydrogen) atoms. The fourth-order valence-electron chi connectivity index (χ4n) is 2.65. The number of fused-ring (bicyclic) bond motifs is 1. The Morgan fingerprint density at radius 1 is 1.11 bits per heavy atom. The number of aromatic nitrogens is 2. The summed E-state index contributed by atoms with van der Waals surface area (Å²) in [6, 6.07) is 19.6. The fourth-order valence-corrected chi connectivity index (χ4v) is 3.42. The number of nitriles is 1. The Hall–Kier alpha value is -3.76. The van der Waals surface area contributed by atoms with E-state index >= 15 is 0 Å². The Morgan fingerprint density at radius 2 is 1.86 bits per heavy atom. The SMILES string of the molecule is N#CC(=Cc1ccc(Sc2nc3ccccc3[nH]2)o1)c1ccc(C(=O)O)cc1. The van der Waals surface area contributed by atoms with E-state index in [0.29, 0.717) is 22.0 Å². The molecule has 136 valence electrons. The molecular formula is C21H13N3O3S. The lowest BCUT2D eigenvalue weighted by molar-refractivity contribution is 0.0697. The number of carbonyl (C=O) groups is 1. The molecule has 0 aliphatic rings. The van der Waals surface area contributed by atoms with Crippen LogP contribution in [0.25, 0.3) is 22.7 Å². The van der Waals surface area contributed by atoms with Crippen LogP contribution in [0.4, 0.5) is 0 Å². The molecule has 0 bridgehead atoms. The van der Waals surface area contributed by atoms with Crippen LogP contribution >= 0.6 is 11.8 Å². The fraction of sp³-hybridized carbons (Fsp3) is 0. The van der Waals surface area contributed by atoms with Crippen LogP contribution in [0.2, 0.25) is 0 Å². The van der Waals surface area contributed by atoms with Crippen molar-refractivity contribution in [2.24, 2.45) is 0 Å². The minimum atomic E-state index is -1.01. The first-order valence-corrected chi connectivity index (χ1v) is 9.12. The monoisotopic (exact) mass is 387 g/mol. The summed E-state index contributed by atoms with van der Waals surface area (Å²) in [5, 5.41) is 19.8. The third-order valence-electron chi connectivity index (χ3n) is 4.02. The Kier molecular flexibility index (Phi) is 4.70. The van der Waals surface area contributed by atoms with Gasteiger partial charge in [0.1, 0.15) is 5.76 Å². The molecule has 0 fully saturated rings. The highest BCUT2D eigenvalue weighted by atomic mass is 32.2. The number of para-hydroxylation sites is 2. The summed E-state index contributed by atoms with van der Waals surface area (Å²) >= 11 is 1.36. The van der Waals surface area contributed by atoms with Gasteiger partial charge in [0.15, 0.2) is 10.2 Å². The number of benzene rings is 2. The molecule has 4 rings (SSSR count). The first kappa shape index (κ1) is 17.6. The molecule has 2 heterocycles. The number of furan rings is 1. The average Bonchev–Trinajstić information content (AvgIpc) is 3.32. The highest BCUT2D eigenvalue weighted by Gasteiger charge is 2.09. The van der Waals surface area contributed by atoms with Crippen LogP contribution in [0.5, 0.6) is 0 Å². The van der Waals surface area contributed by atoms with Crippen molar-refractivity contribution in [2.45, 2.75) is 10.2 Å². The number of carboxylic acids is 1. The van der Waals surface area contributed by atoms with Gasteiger partial charge in [0.05, 0.1) is 28.2 Å². The zero-order chi connectivity index (χ0) is 19.5. The molecule has 0 saturated carbocycles. The van der Waals surface area contributed by atoms with Crippen molar-refractivity contribution in [3.8, 4) is 6.07 Å². The summed E-state index contributed by atoms with van der Waals surface area (Å²) in [6.07, 6.45) is 1.62. The number of rotatable bonds is 5. The largest absolute Gasteiger partial charge is 0.478 e. The minimum absolute atomic E-state index is 0.170. The average molecular weight is 387 g/mol. The summed E-state index contributed by atoms with van der Waals surface area (Å²) in [5.74, 6) is -0.482. The Labute approximate surface area is 164 Å². The van der Waals surface area contributed by atoms with Gasteiger partial charge in [-0.1, -0.05) is 24.3 Å². The molecule has 0 aliphatic carbocycles. The molecule has 6 nitrogen and oxygen atoms in total. The van der Waals surface area contributed by atoms with Crippen molar-refractivity contribution < 1.29 is 14.3 Å². The maximum Gasteiger partial charge on any atom is 0.335 e. The van der Waals surface area contributed by atoms with Crippen LogP contribution in [0.1, 0.15) is 21.7 Å². The smallest absolute Gasteiger partial charge is 0.335 e. The summed E-state index contributed by atoms with van der Waals surface area (Å²) in [7, 11) is 0. The van der Waals surface area contributed by atoms with Crippen molar-refractivity contribution in [1.82, 2.24) is 9.97 Å². The highest BCUT2D eigenvalue weighted by molar-refractivity contribution is 7.99. The van der Waals surface area contributed by atoms with E-state index in [1.54, 1.807) is 24.3 Å². The number of nitrogens with one attached hydrogen (secondary N) is 1. The molecule has 7 heteroatoms. The predicted octanol–water partition coefficient (Wildman–Crippen LogP) is 5.07. The number of aromatic amines is 1. The molecule has 2 aromatic heterocycles. The lowest BCUT2D eigenvalue weighted by atomic mass is 10.0. The van der Waals surface area contributed by atoms with E-state index < -0.39 is 5.97 Å². The van der Waals surface area contributed by atoms with Gasteiger partial charge < -0.3 is 14.5 Å². The number of imidazole rings is 1. The lowest BCUT2D eigenvalue weighted by Gasteiger charge is -2.00. The van der Waals surface area contributed by atoms with Crippen LogP contribution in [-0.2, 0) is 0 Å². The first-order chi connectivity index (χ1) is 13.6. The molecule has 0 spiro atoms. The molecule has 4 aromatic rings. The molecule has 0 saturated heterocycles. The first-order valence-electron chi connectivity index (χ1n) is 8.30. The summed E-state index contributed by atoms with van der Waals surface area (Å²) in [4.78, 5) is 18.7. The van der Waals surface area contributed by atoms with E-state index in [9.17, 15) is 10.1 Å². The lowest BCUT2D eigenvalue weighted by Crippen LogP contribution is -1.95. The van der Waals surface area contributed by atoms with Gasteiger partial charge in [-0.2, -0.15) is 5.26 Å². The van der Waals surface area contributed by atoms with Gasteiger partial charge in [-0.15, -0.1) is 0 Å². The van der Waals surface area contributed by atoms with Gasteiger partial charge in [0.25, 0.3) is 0 Å². The third-order valence-corrected chi connectivity index (χ3v) is 4.82. The second-order valence-electron chi connectivity index (χ2n) is 5.87. The van der Waals surface area contributed by atoms with E-state index in [1.807, 2.05) is 30.3 Å². The number of allylic oxidation sites excluding steroid dienone is 1. The van der Waals surface area contributed by atoms with Gasteiger partial charge in [-0.05, 0) is 59.8 Å². The quantitative estimate of drug-likeness (QED) is 0.464. The number of hydrogen-bond donors (Lipinski definition) is 2. The third kappa shape index (κ3) is 3.68. The van der Waals surface area contributed by atoms with Gasteiger partial charge in [0.2, 0.25) is 0 Å². The van der Waals surface area contributed by atoms with E-state index in [-0.39, 0.29) is 5.56 Å². The number of H-pyrrole nitrogens is 1. The van der Waals surface area contributed by atoms with Crippen LogP contribution in [0.3, 0.4) is 0 Å². The molecule has 0 aliphatic heterocycles. The molecule has 2 aromatic carbocycles. The number of carboxylic acid groups (broad SMARTS) is 1. The highest BCUT2D eigenvalue weighted by Crippen LogP contribution is 2.30. The van der Waals surface area contributed by atoms with Gasteiger partial charge in [0, 0.05) is 0 Å². The normalized spacial score (nSPS) is 11.5. The summed E-state index contributed by atoms with van der Waals surface area (Å²) in [5.41, 5.74) is 3.01. The van der Waals surface area contributed by atoms with Crippen LogP contribution in [-0.4, -0.2) is 21.0 Å². The van der Waals surface area contributed by atoms with Crippen molar-refractivity contribution in [3.63, 3.8) is 0 Å². The van der Waals surface area contributed by atoms with E-state index in [1.165, 1.54) is 23.9 Å². The topological polar surface area (TPSA) is 103 Å². The predicted molar refractivity (Wildman–Crippen MR) is 106 cm³/mol. The second-order valence-corrected chi connectivity index (χ2v) is 6.86. The zero-order valence-electron chi connectivity index (χ0n) is 14.4. The van der Waals surface area contributed by atoms with Gasteiger partial charge in [-0.3, -0.25) is 0 Å². The van der Waals surface area contributed by atoms with Crippen LogP contribution in [0.15, 0.2) is 75.3 Å². The van der Waals surface area contributed by atoms with Crippen molar-refractivity contribution >= 4 is 40.4 Å². The Balaban J connectivity index is 1.55. The molecule has 2 N–H and O–H groups in total. The summed E-state index contributed by atoms with van der Waals surface area (Å²) in [6.45, 7) is 0. The number of nitrogens with zero attached hydrogens (tertiary/aromatic N) is 2. The minimum Gasteiger partial charge on any atom is -0.478 e. The van der Waals surface area contributed by atoms with Crippen LogP contribution < -0.4 is 0 Å². The molecule has 0 radical (unpaired) electrons. The molecule has 0 atom stereocenters. The van der Waals surface area contributed by atoms with Gasteiger partial charge in [-0.25, -0.2) is 9.78 Å². The van der Waals surface area contributed by atoms with Crippen molar-refractivity contribution in [1.29, 1.82) is 5.26 Å². The Bertz CT molecular complexity index is 1200. The van der Waals surface area contributed by atoms with Gasteiger partial charge >= 0.3 is 5.97 Å².